The van der Waals surface area contributed by atoms with E-state index in [2.05, 4.69) is 30.8 Å². The summed E-state index contributed by atoms with van der Waals surface area (Å²) in [4.78, 5) is 17.7. The second-order valence-electron chi connectivity index (χ2n) is 7.93. The van der Waals surface area contributed by atoms with Crippen molar-refractivity contribution in [1.82, 2.24) is 19.5 Å². The quantitative estimate of drug-likeness (QED) is 0.487. The van der Waals surface area contributed by atoms with Crippen molar-refractivity contribution < 1.29 is 24.8 Å². The molecule has 0 aliphatic carbocycles. The molecule has 2 aliphatic rings. The van der Waals surface area contributed by atoms with E-state index in [9.17, 15) is 15.3 Å². The van der Waals surface area contributed by atoms with Gasteiger partial charge in [-0.05, 0) is 12.1 Å². The molecule has 4 atom stereocenters. The van der Waals surface area contributed by atoms with E-state index >= 15 is 0 Å². The Bertz CT molecular complexity index is 1090. The van der Waals surface area contributed by atoms with Crippen LogP contribution in [0.25, 0.3) is 11.2 Å². The van der Waals surface area contributed by atoms with Crippen LogP contribution in [-0.4, -0.2) is 93.0 Å². The molecule has 2 fully saturated rings. The molecular formula is C21H26N6O5. The van der Waals surface area contributed by atoms with Gasteiger partial charge in [0.15, 0.2) is 23.2 Å². The summed E-state index contributed by atoms with van der Waals surface area (Å²) in [7, 11) is 1.66. The SMILES string of the molecule is COc1cccc(N2CCN(c3ncnc4c3ncn4[C@@H]3O[C@H](CO)[C@@H](O)[C@H]3O)CC2)c1. The van der Waals surface area contributed by atoms with Crippen molar-refractivity contribution in [3.8, 4) is 5.75 Å². The van der Waals surface area contributed by atoms with Gasteiger partial charge in [-0.25, -0.2) is 15.0 Å². The van der Waals surface area contributed by atoms with E-state index in [-0.39, 0.29) is 6.61 Å². The van der Waals surface area contributed by atoms with Gasteiger partial charge in [0, 0.05) is 37.9 Å². The topological polar surface area (TPSA) is 129 Å². The van der Waals surface area contributed by atoms with E-state index in [1.807, 2.05) is 18.2 Å². The van der Waals surface area contributed by atoms with Crippen LogP contribution in [-0.2, 0) is 4.74 Å². The number of anilines is 2. The van der Waals surface area contributed by atoms with Crippen LogP contribution in [0.5, 0.6) is 5.75 Å². The molecule has 0 unspecified atom stereocenters. The van der Waals surface area contributed by atoms with Gasteiger partial charge in [-0.3, -0.25) is 4.57 Å². The van der Waals surface area contributed by atoms with Gasteiger partial charge in [0.05, 0.1) is 20.0 Å². The molecule has 2 aliphatic heterocycles. The van der Waals surface area contributed by atoms with Crippen LogP contribution in [0.3, 0.4) is 0 Å². The third-order valence-corrected chi connectivity index (χ3v) is 6.13. The molecule has 11 heteroatoms. The molecule has 170 valence electrons. The maximum atomic E-state index is 10.4. The highest BCUT2D eigenvalue weighted by Crippen LogP contribution is 2.33. The average Bonchev–Trinajstić information content (AvgIpc) is 3.40. The number of aliphatic hydroxyl groups excluding tert-OH is 3. The highest BCUT2D eigenvalue weighted by molar-refractivity contribution is 5.83. The molecule has 3 aromatic rings. The first-order chi connectivity index (χ1) is 15.6. The average molecular weight is 442 g/mol. The number of piperazine rings is 1. The zero-order valence-corrected chi connectivity index (χ0v) is 17.7. The Morgan fingerprint density at radius 1 is 1.06 bits per heavy atom. The highest BCUT2D eigenvalue weighted by Gasteiger charge is 2.44. The number of hydrogen-bond acceptors (Lipinski definition) is 10. The van der Waals surface area contributed by atoms with Crippen LogP contribution < -0.4 is 14.5 Å². The zero-order valence-electron chi connectivity index (χ0n) is 17.7. The van der Waals surface area contributed by atoms with Crippen LogP contribution in [0.1, 0.15) is 6.23 Å². The molecule has 32 heavy (non-hydrogen) atoms. The fourth-order valence-electron chi connectivity index (χ4n) is 4.35. The number of hydrogen-bond donors (Lipinski definition) is 3. The number of aromatic nitrogens is 4. The lowest BCUT2D eigenvalue weighted by molar-refractivity contribution is -0.0511. The van der Waals surface area contributed by atoms with Gasteiger partial charge in [-0.1, -0.05) is 6.07 Å². The Morgan fingerprint density at radius 3 is 2.56 bits per heavy atom. The lowest BCUT2D eigenvalue weighted by Crippen LogP contribution is -2.47. The molecule has 0 saturated carbocycles. The summed E-state index contributed by atoms with van der Waals surface area (Å²) in [6.07, 6.45) is -1.15. The van der Waals surface area contributed by atoms with E-state index in [0.29, 0.717) is 17.0 Å². The van der Waals surface area contributed by atoms with Gasteiger partial charge in [0.25, 0.3) is 0 Å². The van der Waals surface area contributed by atoms with E-state index in [1.165, 1.54) is 12.7 Å². The van der Waals surface area contributed by atoms with E-state index in [4.69, 9.17) is 9.47 Å². The second-order valence-corrected chi connectivity index (χ2v) is 7.93. The van der Waals surface area contributed by atoms with Gasteiger partial charge >= 0.3 is 0 Å². The normalized spacial score (nSPS) is 26.1. The molecule has 0 spiro atoms. The fourth-order valence-corrected chi connectivity index (χ4v) is 4.35. The number of benzene rings is 1. The first-order valence-electron chi connectivity index (χ1n) is 10.5. The molecule has 1 aromatic carbocycles. The van der Waals surface area contributed by atoms with Crippen LogP contribution in [0.4, 0.5) is 11.5 Å². The summed E-state index contributed by atoms with van der Waals surface area (Å²) < 4.78 is 12.6. The van der Waals surface area contributed by atoms with Crippen LogP contribution >= 0.6 is 0 Å². The van der Waals surface area contributed by atoms with Gasteiger partial charge < -0.3 is 34.6 Å². The number of ether oxygens (including phenoxy) is 2. The molecule has 0 amide bonds. The van der Waals surface area contributed by atoms with E-state index < -0.39 is 24.5 Å². The third-order valence-electron chi connectivity index (χ3n) is 6.13. The summed E-state index contributed by atoms with van der Waals surface area (Å²) in [5.41, 5.74) is 2.21. The summed E-state index contributed by atoms with van der Waals surface area (Å²) in [6.45, 7) is 2.75. The van der Waals surface area contributed by atoms with E-state index in [0.717, 1.165) is 37.6 Å². The fraction of sp³-hybridized carbons (Fsp3) is 0.476. The maximum Gasteiger partial charge on any atom is 0.167 e. The van der Waals surface area contributed by atoms with Crippen molar-refractivity contribution >= 4 is 22.7 Å². The Kier molecular flexibility index (Phi) is 5.55. The van der Waals surface area contributed by atoms with Gasteiger partial charge in [0.1, 0.15) is 30.4 Å². The first kappa shape index (κ1) is 20.9. The Morgan fingerprint density at radius 2 is 1.84 bits per heavy atom. The van der Waals surface area contributed by atoms with Crippen molar-refractivity contribution in [3.05, 3.63) is 36.9 Å². The lowest BCUT2D eigenvalue weighted by atomic mass is 10.1. The molecule has 11 nitrogen and oxygen atoms in total. The smallest absolute Gasteiger partial charge is 0.167 e. The molecule has 0 bridgehead atoms. The molecule has 4 heterocycles. The predicted molar refractivity (Wildman–Crippen MR) is 116 cm³/mol. The maximum absolute atomic E-state index is 10.4. The van der Waals surface area contributed by atoms with Gasteiger partial charge in [0.2, 0.25) is 0 Å². The summed E-state index contributed by atoms with van der Waals surface area (Å²) >= 11 is 0. The number of aliphatic hydroxyl groups is 3. The largest absolute Gasteiger partial charge is 0.497 e. The Labute approximate surface area is 184 Å². The monoisotopic (exact) mass is 442 g/mol. The second kappa shape index (κ2) is 8.51. The lowest BCUT2D eigenvalue weighted by Gasteiger charge is -2.36. The van der Waals surface area contributed by atoms with Crippen LogP contribution in [0.2, 0.25) is 0 Å². The van der Waals surface area contributed by atoms with Crippen molar-refractivity contribution in [3.63, 3.8) is 0 Å². The number of fused-ring (bicyclic) bond motifs is 1. The zero-order chi connectivity index (χ0) is 22.2. The molecule has 3 N–H and O–H groups in total. The number of imidazole rings is 1. The van der Waals surface area contributed by atoms with Crippen molar-refractivity contribution in [1.29, 1.82) is 0 Å². The van der Waals surface area contributed by atoms with Crippen LogP contribution in [0.15, 0.2) is 36.9 Å². The minimum atomic E-state index is -1.20. The highest BCUT2D eigenvalue weighted by atomic mass is 16.6. The summed E-state index contributed by atoms with van der Waals surface area (Å²) in [5.74, 6) is 1.55. The van der Waals surface area contributed by atoms with Crippen molar-refractivity contribution in [2.75, 3.05) is 49.7 Å². The van der Waals surface area contributed by atoms with Crippen molar-refractivity contribution in [2.45, 2.75) is 24.5 Å². The summed E-state index contributed by atoms with van der Waals surface area (Å²) in [6, 6.07) is 8.02. The molecule has 2 saturated heterocycles. The first-order valence-corrected chi connectivity index (χ1v) is 10.5. The van der Waals surface area contributed by atoms with E-state index in [1.54, 1.807) is 11.7 Å². The minimum Gasteiger partial charge on any atom is -0.497 e. The number of rotatable bonds is 5. The number of nitrogens with zero attached hydrogens (tertiary/aromatic N) is 6. The predicted octanol–water partition coefficient (Wildman–Crippen LogP) is -0.227. The standard InChI is InChI=1S/C21H26N6O5/c1-31-14-4-2-3-13(9-14)25-5-7-26(8-6-25)19-16-20(23-11-22-19)27(12-24-16)21-18(30)17(29)15(10-28)32-21/h2-4,9,11-12,15,17-18,21,28-30H,5-8,10H2,1H3/t15-,17-,18-,21-/m1/s1. The molecule has 2 aromatic heterocycles. The van der Waals surface area contributed by atoms with Crippen LogP contribution in [0, 0.1) is 0 Å². The Hall–Kier alpha value is -2.99. The van der Waals surface area contributed by atoms with Crippen molar-refractivity contribution in [2.24, 2.45) is 0 Å². The Balaban J connectivity index is 1.36. The molecule has 5 rings (SSSR count). The summed E-state index contributed by atoms with van der Waals surface area (Å²) in [5, 5.41) is 29.8. The number of methoxy groups -OCH3 is 1. The third kappa shape index (κ3) is 3.52. The molecular weight excluding hydrogens is 416 g/mol. The van der Waals surface area contributed by atoms with Gasteiger partial charge in [-0.15, -0.1) is 0 Å². The van der Waals surface area contributed by atoms with Gasteiger partial charge in [-0.2, -0.15) is 0 Å². The molecule has 0 radical (unpaired) electrons. The minimum absolute atomic E-state index is 0.390.